The van der Waals surface area contributed by atoms with E-state index in [1.54, 1.807) is 0 Å². The van der Waals surface area contributed by atoms with Crippen molar-refractivity contribution in [1.29, 1.82) is 0 Å². The summed E-state index contributed by atoms with van der Waals surface area (Å²) in [6.45, 7) is 0. The molecule has 0 saturated heterocycles. The lowest BCUT2D eigenvalue weighted by Crippen LogP contribution is -1.81. The molecular weight excluding hydrogens is 162 g/mol. The molecule has 1 N–H and O–H groups in total. The third-order valence-corrected chi connectivity index (χ3v) is 0.931. The first-order valence-electron chi connectivity index (χ1n) is 2.35. The maximum absolute atomic E-state index is 12.1. The highest BCUT2D eigenvalue weighted by molar-refractivity contribution is 5.85. The number of halogens is 3. The Morgan fingerprint density at radius 1 is 1.20 bits per heavy atom. The molecule has 0 aliphatic carbocycles. The second-order valence-electron chi connectivity index (χ2n) is 1.57. The molecule has 1 nitrogen and oxygen atoms in total. The van der Waals surface area contributed by atoms with Crippen LogP contribution in [0.4, 0.5) is 8.78 Å². The maximum atomic E-state index is 12.1. The smallest absolute Gasteiger partial charge is 0.200 e. The Balaban J connectivity index is 0.000000810. The van der Waals surface area contributed by atoms with Crippen molar-refractivity contribution in [2.45, 2.75) is 0 Å². The monoisotopic (exact) mass is 166 g/mol. The third-order valence-electron chi connectivity index (χ3n) is 0.931. The summed E-state index contributed by atoms with van der Waals surface area (Å²) in [6.07, 6.45) is 0. The van der Waals surface area contributed by atoms with Crippen LogP contribution in [0.15, 0.2) is 18.2 Å². The number of phenolic OH excluding ortho intramolecular Hbond substituents is 1. The Kier molecular flexibility index (Phi) is 3.09. The van der Waals surface area contributed by atoms with E-state index in [1.165, 1.54) is 6.07 Å². The van der Waals surface area contributed by atoms with Gasteiger partial charge in [0.1, 0.15) is 0 Å². The Hall–Kier alpha value is -0.830. The molecule has 0 unspecified atom stereocenters. The standard InChI is InChI=1S/C6H4F2O.ClH/c7-4-2-1-3-5(9)6(4)8;/h1-3,9H;1H. The zero-order chi connectivity index (χ0) is 6.85. The predicted octanol–water partition coefficient (Wildman–Crippen LogP) is 2.09. The van der Waals surface area contributed by atoms with E-state index in [4.69, 9.17) is 5.11 Å². The molecule has 4 heteroatoms. The fourth-order valence-electron chi connectivity index (χ4n) is 0.492. The van der Waals surface area contributed by atoms with Gasteiger partial charge in [0.2, 0.25) is 0 Å². The van der Waals surface area contributed by atoms with Gasteiger partial charge >= 0.3 is 0 Å². The Morgan fingerprint density at radius 2 is 1.80 bits per heavy atom. The van der Waals surface area contributed by atoms with E-state index in [0.29, 0.717) is 0 Å². The molecule has 1 aromatic carbocycles. The summed E-state index contributed by atoms with van der Waals surface area (Å²) in [5.41, 5.74) is 0. The van der Waals surface area contributed by atoms with E-state index in [1.807, 2.05) is 0 Å². The van der Waals surface area contributed by atoms with Crippen LogP contribution >= 0.6 is 12.4 Å². The van der Waals surface area contributed by atoms with Crippen molar-refractivity contribution in [1.82, 2.24) is 0 Å². The van der Waals surface area contributed by atoms with E-state index in [9.17, 15) is 8.78 Å². The van der Waals surface area contributed by atoms with Crippen LogP contribution in [0.1, 0.15) is 0 Å². The normalized spacial score (nSPS) is 8.60. The van der Waals surface area contributed by atoms with Crippen LogP contribution in [0.2, 0.25) is 0 Å². The zero-order valence-electron chi connectivity index (χ0n) is 4.84. The number of rotatable bonds is 0. The lowest BCUT2D eigenvalue weighted by molar-refractivity contribution is 0.407. The minimum absolute atomic E-state index is 0. The molecule has 0 radical (unpaired) electrons. The van der Waals surface area contributed by atoms with Gasteiger partial charge in [0.15, 0.2) is 17.4 Å². The van der Waals surface area contributed by atoms with Crippen LogP contribution in [-0.2, 0) is 0 Å². The van der Waals surface area contributed by atoms with E-state index in [0.717, 1.165) is 12.1 Å². The summed E-state index contributed by atoms with van der Waals surface area (Å²) in [5.74, 6) is -2.89. The predicted molar refractivity (Wildman–Crippen MR) is 35.3 cm³/mol. The SMILES string of the molecule is Cl.Oc1cccc(F)c1F. The minimum Gasteiger partial charge on any atom is -0.505 e. The lowest BCUT2D eigenvalue weighted by atomic mass is 10.3. The molecule has 0 heterocycles. The lowest BCUT2D eigenvalue weighted by Gasteiger charge is -1.92. The van der Waals surface area contributed by atoms with Gasteiger partial charge < -0.3 is 5.11 Å². The van der Waals surface area contributed by atoms with Crippen molar-refractivity contribution in [3.8, 4) is 5.75 Å². The molecule has 0 aliphatic rings. The highest BCUT2D eigenvalue weighted by Gasteiger charge is 2.03. The van der Waals surface area contributed by atoms with Gasteiger partial charge in [-0.25, -0.2) is 4.39 Å². The van der Waals surface area contributed by atoms with E-state index in [2.05, 4.69) is 0 Å². The Labute approximate surface area is 62.7 Å². The van der Waals surface area contributed by atoms with Crippen LogP contribution in [0.5, 0.6) is 5.75 Å². The van der Waals surface area contributed by atoms with Crippen molar-refractivity contribution in [2.75, 3.05) is 0 Å². The van der Waals surface area contributed by atoms with Gasteiger partial charge in [0, 0.05) is 0 Å². The second kappa shape index (κ2) is 3.37. The molecule has 1 aromatic rings. The molecule has 0 saturated carbocycles. The molecule has 0 fully saturated rings. The number of hydrogen-bond acceptors (Lipinski definition) is 1. The molecule has 10 heavy (non-hydrogen) atoms. The number of benzene rings is 1. The minimum atomic E-state index is -1.20. The molecule has 0 atom stereocenters. The largest absolute Gasteiger partial charge is 0.505 e. The first kappa shape index (κ1) is 9.17. The maximum Gasteiger partial charge on any atom is 0.200 e. The van der Waals surface area contributed by atoms with E-state index < -0.39 is 17.4 Å². The van der Waals surface area contributed by atoms with Gasteiger partial charge in [-0.05, 0) is 12.1 Å². The summed E-state index contributed by atoms with van der Waals surface area (Å²) >= 11 is 0. The van der Waals surface area contributed by atoms with Gasteiger partial charge in [0.25, 0.3) is 0 Å². The fourth-order valence-corrected chi connectivity index (χ4v) is 0.492. The molecule has 0 amide bonds. The van der Waals surface area contributed by atoms with Gasteiger partial charge in [-0.1, -0.05) is 6.07 Å². The van der Waals surface area contributed by atoms with Crippen LogP contribution in [0.25, 0.3) is 0 Å². The average molecular weight is 167 g/mol. The molecule has 0 aromatic heterocycles. The molecule has 1 rings (SSSR count). The summed E-state index contributed by atoms with van der Waals surface area (Å²) in [4.78, 5) is 0. The van der Waals surface area contributed by atoms with Gasteiger partial charge in [-0.3, -0.25) is 0 Å². The average Bonchev–Trinajstić information content (AvgIpc) is 1.83. The van der Waals surface area contributed by atoms with Gasteiger partial charge in [-0.15, -0.1) is 12.4 Å². The Bertz CT molecular complexity index is 207. The summed E-state index contributed by atoms with van der Waals surface area (Å²) < 4.78 is 24.2. The third kappa shape index (κ3) is 1.57. The molecule has 0 aliphatic heterocycles. The highest BCUT2D eigenvalue weighted by atomic mass is 35.5. The zero-order valence-corrected chi connectivity index (χ0v) is 5.66. The summed E-state index contributed by atoms with van der Waals surface area (Å²) in [7, 11) is 0. The molecule has 56 valence electrons. The van der Waals surface area contributed by atoms with Gasteiger partial charge in [-0.2, -0.15) is 4.39 Å². The fraction of sp³-hybridized carbons (Fsp3) is 0. The number of aromatic hydroxyl groups is 1. The van der Waals surface area contributed by atoms with Gasteiger partial charge in [0.05, 0.1) is 0 Å². The Morgan fingerprint density at radius 3 is 2.20 bits per heavy atom. The van der Waals surface area contributed by atoms with Crippen molar-refractivity contribution in [3.63, 3.8) is 0 Å². The first-order chi connectivity index (χ1) is 4.22. The molecule has 0 spiro atoms. The van der Waals surface area contributed by atoms with E-state index >= 15 is 0 Å². The van der Waals surface area contributed by atoms with Crippen LogP contribution in [0, 0.1) is 11.6 Å². The van der Waals surface area contributed by atoms with Crippen molar-refractivity contribution in [2.24, 2.45) is 0 Å². The van der Waals surface area contributed by atoms with Crippen LogP contribution in [-0.4, -0.2) is 5.11 Å². The van der Waals surface area contributed by atoms with Crippen molar-refractivity contribution in [3.05, 3.63) is 29.8 Å². The first-order valence-corrected chi connectivity index (χ1v) is 2.35. The number of hydrogen-bond donors (Lipinski definition) is 1. The summed E-state index contributed by atoms with van der Waals surface area (Å²) in [6, 6.07) is 3.25. The number of phenols is 1. The van der Waals surface area contributed by atoms with E-state index in [-0.39, 0.29) is 12.4 Å². The van der Waals surface area contributed by atoms with Crippen molar-refractivity contribution >= 4 is 12.4 Å². The topological polar surface area (TPSA) is 20.2 Å². The quantitative estimate of drug-likeness (QED) is 0.626. The second-order valence-corrected chi connectivity index (χ2v) is 1.57. The van der Waals surface area contributed by atoms with Crippen LogP contribution in [0.3, 0.4) is 0 Å². The summed E-state index contributed by atoms with van der Waals surface area (Å²) in [5, 5.41) is 8.49. The molecule has 0 bridgehead atoms. The van der Waals surface area contributed by atoms with Crippen molar-refractivity contribution < 1.29 is 13.9 Å². The van der Waals surface area contributed by atoms with Crippen LogP contribution < -0.4 is 0 Å². The highest BCUT2D eigenvalue weighted by Crippen LogP contribution is 2.16. The molecular formula is C6H5ClF2O.